The second-order valence-electron chi connectivity index (χ2n) is 6.10. The number of hydrogen-bond donors (Lipinski definition) is 0. The van der Waals surface area contributed by atoms with Gasteiger partial charge in [-0.1, -0.05) is 36.4 Å². The highest BCUT2D eigenvalue weighted by atomic mass is 19.1. The summed E-state index contributed by atoms with van der Waals surface area (Å²) < 4.78 is 14.6. The van der Waals surface area contributed by atoms with Crippen molar-refractivity contribution in [1.82, 2.24) is 9.78 Å². The Morgan fingerprint density at radius 2 is 1.68 bits per heavy atom. The molecule has 0 fully saturated rings. The third-order valence-corrected chi connectivity index (χ3v) is 4.31. The van der Waals surface area contributed by atoms with Gasteiger partial charge in [0.1, 0.15) is 5.82 Å². The minimum Gasteiger partial charge on any atom is -0.412 e. The molecule has 4 aromatic rings. The van der Waals surface area contributed by atoms with Gasteiger partial charge >= 0.3 is 0 Å². The molecule has 0 aliphatic carbocycles. The molecule has 0 radical (unpaired) electrons. The Bertz CT molecular complexity index is 1210. The van der Waals surface area contributed by atoms with Gasteiger partial charge in [-0.05, 0) is 42.0 Å². The number of benzene rings is 3. The first-order valence-corrected chi connectivity index (χ1v) is 8.48. The molecule has 0 bridgehead atoms. The van der Waals surface area contributed by atoms with E-state index in [-0.39, 0.29) is 16.9 Å². The zero-order valence-electron chi connectivity index (χ0n) is 15.1. The maximum atomic E-state index is 13.3. The smallest absolute Gasteiger partial charge is 0.279 e. The van der Waals surface area contributed by atoms with Gasteiger partial charge in [0.25, 0.3) is 5.56 Å². The fourth-order valence-corrected chi connectivity index (χ4v) is 3.08. The lowest BCUT2D eigenvalue weighted by Crippen LogP contribution is -2.22. The average Bonchev–Trinajstić information content (AvgIpc) is 2.70. The number of aliphatic imine (C=N–C) groups is 1. The van der Waals surface area contributed by atoms with E-state index in [2.05, 4.69) is 10.1 Å². The summed E-state index contributed by atoms with van der Waals surface area (Å²) in [6.45, 7) is 0. The molecule has 28 heavy (non-hydrogen) atoms. The van der Waals surface area contributed by atoms with Crippen molar-refractivity contribution in [3.8, 4) is 16.9 Å². The van der Waals surface area contributed by atoms with Crippen molar-refractivity contribution in [1.29, 1.82) is 0 Å². The highest BCUT2D eigenvalue weighted by molar-refractivity contribution is 5.95. The minimum absolute atomic E-state index is 0. The Hall–Kier alpha value is -3.64. The van der Waals surface area contributed by atoms with Crippen LogP contribution in [0.5, 0.6) is 0 Å². The highest BCUT2D eigenvalue weighted by Gasteiger charge is 2.13. The third kappa shape index (κ3) is 3.45. The van der Waals surface area contributed by atoms with Crippen LogP contribution < -0.4 is 5.56 Å². The maximum absolute atomic E-state index is 13.3. The SMILES string of the molecule is CN=Cc1cccc(-c2nn(-c3ccc(F)cc3)c(=O)c3ccccc23)c1.O. The molecule has 1 aromatic heterocycles. The van der Waals surface area contributed by atoms with Gasteiger partial charge in [0.05, 0.1) is 16.8 Å². The van der Waals surface area contributed by atoms with Gasteiger partial charge in [-0.15, -0.1) is 0 Å². The van der Waals surface area contributed by atoms with Crippen LogP contribution in [0.2, 0.25) is 0 Å². The average molecular weight is 375 g/mol. The molecule has 0 spiro atoms. The Balaban J connectivity index is 0.00000225. The van der Waals surface area contributed by atoms with Gasteiger partial charge in [-0.25, -0.2) is 4.39 Å². The normalized spacial score (nSPS) is 10.9. The molecule has 0 aliphatic heterocycles. The first-order chi connectivity index (χ1) is 13.2. The molecule has 6 heteroatoms. The van der Waals surface area contributed by atoms with Gasteiger partial charge in [0.2, 0.25) is 0 Å². The van der Waals surface area contributed by atoms with Crippen molar-refractivity contribution >= 4 is 17.0 Å². The standard InChI is InChI=1S/C22H16FN3O.H2O/c1-24-14-15-5-4-6-16(13-15)21-19-7-2-3-8-20(19)22(27)26(25-21)18-11-9-17(23)10-12-18;/h2-14H,1H3;1H2. The second-order valence-corrected chi connectivity index (χ2v) is 6.10. The van der Waals surface area contributed by atoms with E-state index in [9.17, 15) is 9.18 Å². The van der Waals surface area contributed by atoms with Crippen LogP contribution in [0, 0.1) is 5.82 Å². The molecule has 0 amide bonds. The van der Waals surface area contributed by atoms with Crippen LogP contribution >= 0.6 is 0 Å². The second kappa shape index (κ2) is 7.94. The Morgan fingerprint density at radius 3 is 2.39 bits per heavy atom. The molecular formula is C22H18FN3O2. The number of hydrogen-bond acceptors (Lipinski definition) is 3. The summed E-state index contributed by atoms with van der Waals surface area (Å²) in [7, 11) is 1.72. The van der Waals surface area contributed by atoms with Crippen molar-refractivity contribution in [2.24, 2.45) is 4.99 Å². The largest absolute Gasteiger partial charge is 0.412 e. The van der Waals surface area contributed by atoms with Gasteiger partial charge < -0.3 is 5.48 Å². The molecule has 0 saturated carbocycles. The fourth-order valence-electron chi connectivity index (χ4n) is 3.08. The number of rotatable bonds is 3. The van der Waals surface area contributed by atoms with Crippen LogP contribution in [-0.2, 0) is 0 Å². The van der Waals surface area contributed by atoms with Gasteiger partial charge in [0, 0.05) is 24.2 Å². The molecule has 0 unspecified atom stereocenters. The number of halogens is 1. The van der Waals surface area contributed by atoms with Crippen molar-refractivity contribution < 1.29 is 9.87 Å². The zero-order valence-corrected chi connectivity index (χ0v) is 15.1. The molecule has 1 heterocycles. The lowest BCUT2D eigenvalue weighted by Gasteiger charge is -2.11. The molecule has 2 N–H and O–H groups in total. The summed E-state index contributed by atoms with van der Waals surface area (Å²) in [6.07, 6.45) is 1.77. The van der Waals surface area contributed by atoms with Crippen molar-refractivity contribution in [2.45, 2.75) is 0 Å². The van der Waals surface area contributed by atoms with Crippen LogP contribution in [0.1, 0.15) is 5.56 Å². The lowest BCUT2D eigenvalue weighted by atomic mass is 10.0. The summed E-state index contributed by atoms with van der Waals surface area (Å²) in [5.74, 6) is -0.362. The molecule has 0 atom stereocenters. The molecule has 0 saturated heterocycles. The first-order valence-electron chi connectivity index (χ1n) is 8.48. The number of fused-ring (bicyclic) bond motifs is 1. The van der Waals surface area contributed by atoms with Crippen LogP contribution in [0.4, 0.5) is 4.39 Å². The Morgan fingerprint density at radius 1 is 0.964 bits per heavy atom. The van der Waals surface area contributed by atoms with Crippen molar-refractivity contribution in [3.63, 3.8) is 0 Å². The molecule has 5 nitrogen and oxygen atoms in total. The molecule has 140 valence electrons. The minimum atomic E-state index is -0.362. The van der Waals surface area contributed by atoms with Crippen molar-refractivity contribution in [3.05, 3.63) is 94.5 Å². The van der Waals surface area contributed by atoms with Gasteiger partial charge in [-0.2, -0.15) is 9.78 Å². The van der Waals surface area contributed by atoms with E-state index >= 15 is 0 Å². The van der Waals surface area contributed by atoms with E-state index in [4.69, 9.17) is 0 Å². The zero-order chi connectivity index (χ0) is 18.8. The van der Waals surface area contributed by atoms with E-state index in [1.165, 1.54) is 16.8 Å². The number of aromatic nitrogens is 2. The van der Waals surface area contributed by atoms with E-state index in [1.807, 2.05) is 42.5 Å². The maximum Gasteiger partial charge on any atom is 0.279 e. The topological polar surface area (TPSA) is 78.8 Å². The molecule has 3 aromatic carbocycles. The summed E-state index contributed by atoms with van der Waals surface area (Å²) in [5.41, 5.74) is 2.77. The quantitative estimate of drug-likeness (QED) is 0.514. The summed E-state index contributed by atoms with van der Waals surface area (Å²) in [6, 6.07) is 20.9. The van der Waals surface area contributed by atoms with Gasteiger partial charge in [-0.3, -0.25) is 9.79 Å². The predicted octanol–water partition coefficient (Wildman–Crippen LogP) is 3.42. The Kier molecular flexibility index (Phi) is 5.42. The van der Waals surface area contributed by atoms with E-state index in [0.717, 1.165) is 16.5 Å². The van der Waals surface area contributed by atoms with Crippen LogP contribution in [-0.4, -0.2) is 28.5 Å². The molecule has 4 rings (SSSR count). The van der Waals surface area contributed by atoms with E-state index in [0.29, 0.717) is 16.8 Å². The van der Waals surface area contributed by atoms with Crippen molar-refractivity contribution in [2.75, 3.05) is 7.05 Å². The predicted molar refractivity (Wildman–Crippen MR) is 110 cm³/mol. The monoisotopic (exact) mass is 375 g/mol. The van der Waals surface area contributed by atoms with Crippen LogP contribution in [0.25, 0.3) is 27.7 Å². The van der Waals surface area contributed by atoms with E-state index < -0.39 is 0 Å². The summed E-state index contributed by atoms with van der Waals surface area (Å²) >= 11 is 0. The molecular weight excluding hydrogens is 357 g/mol. The third-order valence-electron chi connectivity index (χ3n) is 4.31. The van der Waals surface area contributed by atoms with Crippen LogP contribution in [0.15, 0.2) is 82.6 Å². The first kappa shape index (κ1) is 19.1. The Labute approximate surface area is 160 Å². The number of nitrogens with zero attached hydrogens (tertiary/aromatic N) is 3. The van der Waals surface area contributed by atoms with Gasteiger partial charge in [0.15, 0.2) is 0 Å². The fraction of sp³-hybridized carbons (Fsp3) is 0.0455. The molecule has 0 aliphatic rings. The highest BCUT2D eigenvalue weighted by Crippen LogP contribution is 2.26. The summed E-state index contributed by atoms with van der Waals surface area (Å²) in [4.78, 5) is 17.0. The summed E-state index contributed by atoms with van der Waals surface area (Å²) in [5, 5.41) is 5.94. The van der Waals surface area contributed by atoms with Crippen LogP contribution in [0.3, 0.4) is 0 Å². The van der Waals surface area contributed by atoms with E-state index in [1.54, 1.807) is 31.5 Å². The lowest BCUT2D eigenvalue weighted by molar-refractivity contribution is 0.626.